The summed E-state index contributed by atoms with van der Waals surface area (Å²) < 4.78 is 17.4. The highest BCUT2D eigenvalue weighted by Gasteiger charge is 2.07. The lowest BCUT2D eigenvalue weighted by atomic mass is 10.2. The number of amides is 1. The molecule has 0 aromatic carbocycles. The topological polar surface area (TPSA) is 77.2 Å². The van der Waals surface area contributed by atoms with Crippen LogP contribution in [0, 0.1) is 5.82 Å². The Labute approximate surface area is 99.2 Å². The SMILES string of the molecule is COCC(N)CCNC(=O)c1ccc(F)cn1. The third kappa shape index (κ3) is 4.88. The van der Waals surface area contributed by atoms with Gasteiger partial charge in [0.05, 0.1) is 12.8 Å². The number of nitrogens with one attached hydrogen (secondary N) is 1. The normalized spacial score (nSPS) is 12.2. The molecule has 1 aromatic heterocycles. The zero-order valence-electron chi connectivity index (χ0n) is 9.65. The molecule has 0 spiro atoms. The molecule has 0 saturated heterocycles. The van der Waals surface area contributed by atoms with Gasteiger partial charge in [0.15, 0.2) is 0 Å². The van der Waals surface area contributed by atoms with E-state index >= 15 is 0 Å². The fourth-order valence-corrected chi connectivity index (χ4v) is 1.27. The summed E-state index contributed by atoms with van der Waals surface area (Å²) in [5.41, 5.74) is 5.87. The van der Waals surface area contributed by atoms with E-state index in [0.717, 1.165) is 6.20 Å². The molecule has 0 saturated carbocycles. The first-order chi connectivity index (χ1) is 8.13. The lowest BCUT2D eigenvalue weighted by Gasteiger charge is -2.10. The van der Waals surface area contributed by atoms with Gasteiger partial charge < -0.3 is 15.8 Å². The number of carbonyl (C=O) groups is 1. The minimum atomic E-state index is -0.469. The zero-order valence-corrected chi connectivity index (χ0v) is 9.65. The monoisotopic (exact) mass is 241 g/mol. The van der Waals surface area contributed by atoms with Gasteiger partial charge in [-0.25, -0.2) is 9.37 Å². The van der Waals surface area contributed by atoms with Crippen molar-refractivity contribution in [3.8, 4) is 0 Å². The van der Waals surface area contributed by atoms with Crippen LogP contribution in [0.4, 0.5) is 4.39 Å². The van der Waals surface area contributed by atoms with Crippen LogP contribution in [-0.2, 0) is 4.74 Å². The molecule has 94 valence electrons. The second-order valence-corrected chi connectivity index (χ2v) is 3.62. The van der Waals surface area contributed by atoms with Crippen LogP contribution >= 0.6 is 0 Å². The Bertz CT molecular complexity index is 356. The van der Waals surface area contributed by atoms with Gasteiger partial charge in [-0.1, -0.05) is 0 Å². The van der Waals surface area contributed by atoms with Crippen molar-refractivity contribution >= 4 is 5.91 Å². The van der Waals surface area contributed by atoms with Gasteiger partial charge in [-0.3, -0.25) is 4.79 Å². The molecule has 1 unspecified atom stereocenters. The Balaban J connectivity index is 2.32. The Kier molecular flexibility index (Phi) is 5.51. The minimum absolute atomic E-state index is 0.110. The van der Waals surface area contributed by atoms with Gasteiger partial charge in [0.25, 0.3) is 5.91 Å². The lowest BCUT2D eigenvalue weighted by Crippen LogP contribution is -2.33. The first kappa shape index (κ1) is 13.5. The average molecular weight is 241 g/mol. The van der Waals surface area contributed by atoms with E-state index < -0.39 is 5.82 Å². The van der Waals surface area contributed by atoms with Crippen LogP contribution in [0.3, 0.4) is 0 Å². The standard InChI is InChI=1S/C11H16FN3O2/c1-17-7-9(13)4-5-14-11(16)10-3-2-8(12)6-15-10/h2-3,6,9H,4-5,7,13H2,1H3,(H,14,16). The number of pyridine rings is 1. The molecule has 0 aliphatic heterocycles. The maximum absolute atomic E-state index is 12.6. The third-order valence-electron chi connectivity index (χ3n) is 2.14. The molecule has 3 N–H and O–H groups in total. The van der Waals surface area contributed by atoms with Crippen LogP contribution in [-0.4, -0.2) is 37.2 Å². The van der Waals surface area contributed by atoms with Gasteiger partial charge in [0.1, 0.15) is 11.5 Å². The van der Waals surface area contributed by atoms with E-state index in [1.54, 1.807) is 7.11 Å². The maximum atomic E-state index is 12.6. The van der Waals surface area contributed by atoms with Gasteiger partial charge in [0.2, 0.25) is 0 Å². The highest BCUT2D eigenvalue weighted by atomic mass is 19.1. The van der Waals surface area contributed by atoms with Crippen molar-refractivity contribution in [2.45, 2.75) is 12.5 Å². The molecule has 5 nitrogen and oxygen atoms in total. The second kappa shape index (κ2) is 6.93. The van der Waals surface area contributed by atoms with E-state index in [1.807, 2.05) is 0 Å². The van der Waals surface area contributed by atoms with Crippen LogP contribution in [0.1, 0.15) is 16.9 Å². The fourth-order valence-electron chi connectivity index (χ4n) is 1.27. The number of halogens is 1. The predicted octanol–water partition coefficient (Wildman–Crippen LogP) is 0.314. The Morgan fingerprint density at radius 1 is 1.65 bits per heavy atom. The molecule has 17 heavy (non-hydrogen) atoms. The summed E-state index contributed by atoms with van der Waals surface area (Å²) in [6.45, 7) is 0.882. The Hall–Kier alpha value is -1.53. The maximum Gasteiger partial charge on any atom is 0.269 e. The zero-order chi connectivity index (χ0) is 12.7. The fraction of sp³-hybridized carbons (Fsp3) is 0.455. The van der Waals surface area contributed by atoms with E-state index in [0.29, 0.717) is 19.6 Å². The van der Waals surface area contributed by atoms with E-state index in [9.17, 15) is 9.18 Å². The second-order valence-electron chi connectivity index (χ2n) is 3.62. The molecule has 0 bridgehead atoms. The molecular formula is C11H16FN3O2. The van der Waals surface area contributed by atoms with Crippen molar-refractivity contribution in [3.05, 3.63) is 29.8 Å². The molecule has 0 fully saturated rings. The van der Waals surface area contributed by atoms with Crippen molar-refractivity contribution in [2.24, 2.45) is 5.73 Å². The summed E-state index contributed by atoms with van der Waals surface area (Å²) in [6, 6.07) is 2.42. The van der Waals surface area contributed by atoms with Crippen LogP contribution in [0.5, 0.6) is 0 Å². The number of methoxy groups -OCH3 is 1. The van der Waals surface area contributed by atoms with E-state index in [2.05, 4.69) is 10.3 Å². The molecular weight excluding hydrogens is 225 g/mol. The third-order valence-corrected chi connectivity index (χ3v) is 2.14. The van der Waals surface area contributed by atoms with Crippen molar-refractivity contribution in [2.75, 3.05) is 20.3 Å². The van der Waals surface area contributed by atoms with E-state index in [1.165, 1.54) is 12.1 Å². The number of hydrogen-bond donors (Lipinski definition) is 2. The smallest absolute Gasteiger partial charge is 0.269 e. The number of hydrogen-bond acceptors (Lipinski definition) is 4. The summed E-state index contributed by atoms with van der Waals surface area (Å²) in [5.74, 6) is -0.807. The average Bonchev–Trinajstić information content (AvgIpc) is 2.30. The summed E-state index contributed by atoms with van der Waals surface area (Å²) in [5, 5.41) is 2.65. The van der Waals surface area contributed by atoms with Gasteiger partial charge >= 0.3 is 0 Å². The van der Waals surface area contributed by atoms with Crippen molar-refractivity contribution in [1.29, 1.82) is 0 Å². The number of nitrogens with two attached hydrogens (primary N) is 1. The quantitative estimate of drug-likeness (QED) is 0.751. The predicted molar refractivity (Wildman–Crippen MR) is 61.0 cm³/mol. The molecule has 1 amide bonds. The van der Waals surface area contributed by atoms with Crippen LogP contribution < -0.4 is 11.1 Å². The van der Waals surface area contributed by atoms with Gasteiger partial charge in [-0.05, 0) is 18.6 Å². The number of ether oxygens (including phenoxy) is 1. The van der Waals surface area contributed by atoms with Crippen LogP contribution in [0.2, 0.25) is 0 Å². The summed E-state index contributed by atoms with van der Waals surface area (Å²) in [4.78, 5) is 15.2. The first-order valence-electron chi connectivity index (χ1n) is 5.27. The summed E-state index contributed by atoms with van der Waals surface area (Å²) >= 11 is 0. The number of carbonyl (C=O) groups excluding carboxylic acids is 1. The number of aromatic nitrogens is 1. The molecule has 1 aromatic rings. The molecule has 0 aliphatic carbocycles. The number of rotatable bonds is 6. The van der Waals surface area contributed by atoms with Crippen LogP contribution in [0.15, 0.2) is 18.3 Å². The van der Waals surface area contributed by atoms with Crippen molar-refractivity contribution < 1.29 is 13.9 Å². The molecule has 0 radical (unpaired) electrons. The molecule has 1 heterocycles. The summed E-state index contributed by atoms with van der Waals surface area (Å²) in [6.07, 6.45) is 1.62. The highest BCUT2D eigenvalue weighted by molar-refractivity contribution is 5.92. The molecule has 1 atom stereocenters. The van der Waals surface area contributed by atoms with E-state index in [-0.39, 0.29) is 17.6 Å². The minimum Gasteiger partial charge on any atom is -0.383 e. The van der Waals surface area contributed by atoms with Gasteiger partial charge in [0, 0.05) is 19.7 Å². The van der Waals surface area contributed by atoms with E-state index in [4.69, 9.17) is 10.5 Å². The highest BCUT2D eigenvalue weighted by Crippen LogP contribution is 1.98. The first-order valence-corrected chi connectivity index (χ1v) is 5.27. The van der Waals surface area contributed by atoms with Crippen molar-refractivity contribution in [3.63, 3.8) is 0 Å². The Morgan fingerprint density at radius 3 is 3.00 bits per heavy atom. The van der Waals surface area contributed by atoms with Crippen molar-refractivity contribution in [1.82, 2.24) is 10.3 Å². The summed E-state index contributed by atoms with van der Waals surface area (Å²) in [7, 11) is 1.57. The van der Waals surface area contributed by atoms with Gasteiger partial charge in [-0.15, -0.1) is 0 Å². The lowest BCUT2D eigenvalue weighted by molar-refractivity contribution is 0.0945. The molecule has 1 rings (SSSR count). The Morgan fingerprint density at radius 2 is 2.41 bits per heavy atom. The molecule has 6 heteroatoms. The molecule has 0 aliphatic rings. The van der Waals surface area contributed by atoms with Gasteiger partial charge in [-0.2, -0.15) is 0 Å². The largest absolute Gasteiger partial charge is 0.383 e. The number of nitrogens with zero attached hydrogens (tertiary/aromatic N) is 1. The van der Waals surface area contributed by atoms with Crippen LogP contribution in [0.25, 0.3) is 0 Å².